The van der Waals surface area contributed by atoms with Crippen LogP contribution in [0.5, 0.6) is 17.2 Å². The van der Waals surface area contributed by atoms with Gasteiger partial charge in [-0.05, 0) is 42.8 Å². The predicted molar refractivity (Wildman–Crippen MR) is 108 cm³/mol. The van der Waals surface area contributed by atoms with Gasteiger partial charge in [-0.25, -0.2) is 0 Å². The lowest BCUT2D eigenvalue weighted by Gasteiger charge is -2.37. The Morgan fingerprint density at radius 2 is 1.70 bits per heavy atom. The van der Waals surface area contributed by atoms with Gasteiger partial charge >= 0.3 is 0 Å². The molecular formula is C21H25ClN2O3. The van der Waals surface area contributed by atoms with Gasteiger partial charge in [-0.3, -0.25) is 4.90 Å². The molecule has 0 aromatic heterocycles. The molecule has 2 heterocycles. The average molecular weight is 389 g/mol. The van der Waals surface area contributed by atoms with E-state index in [0.717, 1.165) is 73.7 Å². The van der Waals surface area contributed by atoms with E-state index in [9.17, 15) is 0 Å². The van der Waals surface area contributed by atoms with Crippen LogP contribution in [0, 0.1) is 0 Å². The van der Waals surface area contributed by atoms with Gasteiger partial charge in [-0.15, -0.1) is 0 Å². The number of rotatable bonds is 6. The summed E-state index contributed by atoms with van der Waals surface area (Å²) >= 11 is 5.89. The first-order valence-electron chi connectivity index (χ1n) is 9.54. The van der Waals surface area contributed by atoms with Crippen LogP contribution in [0.15, 0.2) is 42.5 Å². The molecule has 4 rings (SSSR count). The predicted octanol–water partition coefficient (Wildman–Crippen LogP) is 3.70. The summed E-state index contributed by atoms with van der Waals surface area (Å²) in [5.41, 5.74) is 1.15. The lowest BCUT2D eigenvalue weighted by molar-refractivity contribution is 0.171. The van der Waals surface area contributed by atoms with Crippen molar-refractivity contribution in [3.8, 4) is 17.2 Å². The fourth-order valence-electron chi connectivity index (χ4n) is 3.53. The Bertz CT molecular complexity index is 746. The number of nitrogens with zero attached hydrogens (tertiary/aromatic N) is 2. The molecule has 144 valence electrons. The maximum absolute atomic E-state index is 5.89. The lowest BCUT2D eigenvalue weighted by atomic mass is 10.2. The Balaban J connectivity index is 1.22. The van der Waals surface area contributed by atoms with Crippen molar-refractivity contribution in [2.24, 2.45) is 0 Å². The van der Waals surface area contributed by atoms with Gasteiger partial charge in [-0.1, -0.05) is 17.7 Å². The molecule has 0 spiro atoms. The molecule has 0 N–H and O–H groups in total. The quantitative estimate of drug-likeness (QED) is 0.705. The molecule has 5 nitrogen and oxygen atoms in total. The highest BCUT2D eigenvalue weighted by molar-refractivity contribution is 6.30. The van der Waals surface area contributed by atoms with E-state index in [1.807, 2.05) is 36.4 Å². The van der Waals surface area contributed by atoms with E-state index >= 15 is 0 Å². The number of fused-ring (bicyclic) bond motifs is 1. The Labute approximate surface area is 165 Å². The maximum atomic E-state index is 5.89. The topological polar surface area (TPSA) is 34.2 Å². The summed E-state index contributed by atoms with van der Waals surface area (Å²) in [4.78, 5) is 4.89. The molecular weight excluding hydrogens is 364 g/mol. The highest BCUT2D eigenvalue weighted by atomic mass is 35.5. The second-order valence-corrected chi connectivity index (χ2v) is 7.22. The molecule has 0 aliphatic carbocycles. The monoisotopic (exact) mass is 388 g/mol. The van der Waals surface area contributed by atoms with Crippen LogP contribution in [0.4, 0.5) is 5.69 Å². The number of ether oxygens (including phenoxy) is 3. The minimum absolute atomic E-state index is 0.623. The third-order valence-corrected chi connectivity index (χ3v) is 5.21. The Hall–Kier alpha value is -2.11. The fourth-order valence-corrected chi connectivity index (χ4v) is 3.65. The largest absolute Gasteiger partial charge is 0.494 e. The van der Waals surface area contributed by atoms with Gasteiger partial charge in [0.2, 0.25) is 0 Å². The molecule has 2 aromatic carbocycles. The van der Waals surface area contributed by atoms with E-state index in [1.54, 1.807) is 0 Å². The molecule has 2 aromatic rings. The number of piperazine rings is 1. The van der Waals surface area contributed by atoms with Gasteiger partial charge in [0.1, 0.15) is 19.0 Å². The molecule has 1 fully saturated rings. The van der Waals surface area contributed by atoms with E-state index in [-0.39, 0.29) is 0 Å². The second-order valence-electron chi connectivity index (χ2n) is 6.79. The van der Waals surface area contributed by atoms with Crippen molar-refractivity contribution >= 4 is 17.3 Å². The first-order chi connectivity index (χ1) is 13.3. The van der Waals surface area contributed by atoms with E-state index in [2.05, 4.69) is 15.9 Å². The summed E-state index contributed by atoms with van der Waals surface area (Å²) < 4.78 is 17.3. The minimum Gasteiger partial charge on any atom is -0.494 e. The highest BCUT2D eigenvalue weighted by Crippen LogP contribution is 2.39. The first-order valence-corrected chi connectivity index (χ1v) is 9.92. The lowest BCUT2D eigenvalue weighted by Crippen LogP contribution is -2.47. The van der Waals surface area contributed by atoms with Crippen LogP contribution in [0.1, 0.15) is 6.42 Å². The fraction of sp³-hybridized carbons (Fsp3) is 0.429. The van der Waals surface area contributed by atoms with Crippen LogP contribution in [0.2, 0.25) is 5.02 Å². The summed E-state index contributed by atoms with van der Waals surface area (Å²) in [5.74, 6) is 2.63. The van der Waals surface area contributed by atoms with Crippen molar-refractivity contribution in [2.75, 3.05) is 57.4 Å². The number of benzene rings is 2. The third-order valence-electron chi connectivity index (χ3n) is 4.96. The molecule has 0 amide bonds. The zero-order valence-electron chi connectivity index (χ0n) is 15.4. The van der Waals surface area contributed by atoms with Crippen LogP contribution in [-0.2, 0) is 0 Å². The Morgan fingerprint density at radius 1 is 0.926 bits per heavy atom. The Kier molecular flexibility index (Phi) is 5.90. The summed E-state index contributed by atoms with van der Waals surface area (Å²) in [6.07, 6.45) is 1.01. The maximum Gasteiger partial charge on any atom is 0.184 e. The van der Waals surface area contributed by atoms with E-state index in [4.69, 9.17) is 25.8 Å². The molecule has 1 saturated heterocycles. The van der Waals surface area contributed by atoms with Crippen molar-refractivity contribution in [1.29, 1.82) is 0 Å². The summed E-state index contributed by atoms with van der Waals surface area (Å²) in [5, 5.41) is 0.733. The van der Waals surface area contributed by atoms with E-state index in [1.165, 1.54) is 0 Å². The van der Waals surface area contributed by atoms with Crippen molar-refractivity contribution in [3.05, 3.63) is 47.5 Å². The van der Waals surface area contributed by atoms with Crippen LogP contribution < -0.4 is 19.1 Å². The van der Waals surface area contributed by atoms with Gasteiger partial charge in [0.15, 0.2) is 11.5 Å². The number of hydrogen-bond acceptors (Lipinski definition) is 5. The average Bonchev–Trinajstić information content (AvgIpc) is 2.73. The molecule has 2 aliphatic rings. The van der Waals surface area contributed by atoms with Crippen molar-refractivity contribution in [3.63, 3.8) is 0 Å². The van der Waals surface area contributed by atoms with Gasteiger partial charge < -0.3 is 19.1 Å². The van der Waals surface area contributed by atoms with Crippen molar-refractivity contribution in [1.82, 2.24) is 4.90 Å². The molecule has 0 bridgehead atoms. The number of hydrogen-bond donors (Lipinski definition) is 0. The van der Waals surface area contributed by atoms with Gasteiger partial charge in [0, 0.05) is 37.7 Å². The molecule has 27 heavy (non-hydrogen) atoms. The third kappa shape index (κ3) is 4.60. The highest BCUT2D eigenvalue weighted by Gasteiger charge is 2.23. The van der Waals surface area contributed by atoms with E-state index < -0.39 is 0 Å². The molecule has 0 saturated carbocycles. The zero-order valence-corrected chi connectivity index (χ0v) is 16.2. The standard InChI is InChI=1S/C21H25ClN2O3/c22-17-5-7-18(8-6-17)25-14-2-9-23-10-12-24(13-11-23)19-3-1-4-20-21(19)27-16-15-26-20/h1,3-8H,2,9-16H2. The molecule has 2 aliphatic heterocycles. The van der Waals surface area contributed by atoms with Gasteiger partial charge in [-0.2, -0.15) is 0 Å². The molecule has 0 unspecified atom stereocenters. The summed E-state index contributed by atoms with van der Waals surface area (Å²) in [6, 6.07) is 13.7. The number of anilines is 1. The molecule has 0 atom stereocenters. The van der Waals surface area contributed by atoms with Gasteiger partial charge in [0.05, 0.1) is 12.3 Å². The smallest absolute Gasteiger partial charge is 0.184 e. The zero-order chi connectivity index (χ0) is 18.5. The summed E-state index contributed by atoms with van der Waals surface area (Å²) in [7, 11) is 0. The number of para-hydroxylation sites is 1. The van der Waals surface area contributed by atoms with Crippen LogP contribution >= 0.6 is 11.6 Å². The SMILES string of the molecule is Clc1ccc(OCCCN2CCN(c3cccc4c3OCCO4)CC2)cc1. The second kappa shape index (κ2) is 8.72. The Morgan fingerprint density at radius 3 is 2.52 bits per heavy atom. The van der Waals surface area contributed by atoms with Crippen LogP contribution in [0.25, 0.3) is 0 Å². The van der Waals surface area contributed by atoms with Crippen molar-refractivity contribution < 1.29 is 14.2 Å². The first kappa shape index (κ1) is 18.3. The van der Waals surface area contributed by atoms with Gasteiger partial charge in [0.25, 0.3) is 0 Å². The van der Waals surface area contributed by atoms with Crippen molar-refractivity contribution in [2.45, 2.75) is 6.42 Å². The summed E-state index contributed by atoms with van der Waals surface area (Å²) in [6.45, 7) is 7.11. The van der Waals surface area contributed by atoms with Crippen LogP contribution in [-0.4, -0.2) is 57.4 Å². The normalized spacial score (nSPS) is 17.0. The minimum atomic E-state index is 0.623. The van der Waals surface area contributed by atoms with E-state index in [0.29, 0.717) is 13.2 Å². The molecule has 6 heteroatoms. The number of halogens is 1. The molecule has 0 radical (unpaired) electrons. The van der Waals surface area contributed by atoms with Crippen LogP contribution in [0.3, 0.4) is 0 Å².